The van der Waals surface area contributed by atoms with Gasteiger partial charge in [0.1, 0.15) is 4.33 Å². The molecule has 0 heterocycles. The third-order valence-electron chi connectivity index (χ3n) is 0.704. The fourth-order valence-electron chi connectivity index (χ4n) is 0.396. The van der Waals surface area contributed by atoms with E-state index in [9.17, 15) is 0 Å². The van der Waals surface area contributed by atoms with Crippen LogP contribution in [-0.2, 0) is 4.74 Å². The van der Waals surface area contributed by atoms with Gasteiger partial charge in [-0.3, -0.25) is 0 Å². The van der Waals surface area contributed by atoms with E-state index in [-0.39, 0.29) is 0 Å². The molecule has 0 aliphatic carbocycles. The molecule has 0 fully saturated rings. The highest BCUT2D eigenvalue weighted by Crippen LogP contribution is 2.19. The number of hydrogen-bond donors (Lipinski definition) is 0. The first-order valence-corrected chi connectivity index (χ1v) is 3.77. The van der Waals surface area contributed by atoms with E-state index in [0.29, 0.717) is 6.61 Å². The van der Waals surface area contributed by atoms with E-state index in [2.05, 4.69) is 0 Å². The predicted octanol–water partition coefficient (Wildman–Crippen LogP) is 2.61. The lowest BCUT2D eigenvalue weighted by atomic mass is 10.5. The van der Waals surface area contributed by atoms with Crippen molar-refractivity contribution in [2.24, 2.45) is 0 Å². The van der Waals surface area contributed by atoms with Gasteiger partial charge in [0.25, 0.3) is 0 Å². The Kier molecular flexibility index (Phi) is 4.63. The normalized spacial score (nSPS) is 12.0. The maximum Gasteiger partial charge on any atom is 0.138 e. The summed E-state index contributed by atoms with van der Waals surface area (Å²) >= 11 is 11.2. The molecule has 0 aromatic heterocycles. The quantitative estimate of drug-likeness (QED) is 0.466. The molecule has 9 heavy (non-hydrogen) atoms. The Hall–Kier alpha value is 0.540. The van der Waals surface area contributed by atoms with E-state index in [1.807, 2.05) is 6.92 Å². The van der Waals surface area contributed by atoms with Crippen LogP contribution in [0.25, 0.3) is 0 Å². The zero-order valence-electron chi connectivity index (χ0n) is 5.79. The fraction of sp³-hybridized carbons (Fsp3) is 1.00. The third-order valence-corrected chi connectivity index (χ3v) is 0.922. The average Bonchev–Trinajstić information content (AvgIpc) is 1.63. The molecule has 0 spiro atoms. The van der Waals surface area contributed by atoms with Crippen LogP contribution in [0, 0.1) is 0 Å². The lowest BCUT2D eigenvalue weighted by Crippen LogP contribution is -2.15. The Morgan fingerprint density at radius 3 is 2.33 bits per heavy atom. The van der Waals surface area contributed by atoms with Gasteiger partial charge < -0.3 is 4.74 Å². The van der Waals surface area contributed by atoms with Gasteiger partial charge in [-0.05, 0) is 13.3 Å². The smallest absolute Gasteiger partial charge is 0.138 e. The summed E-state index contributed by atoms with van der Waals surface area (Å²) in [6, 6.07) is 0. The van der Waals surface area contributed by atoms with Gasteiger partial charge in [-0.2, -0.15) is 0 Å². The fourth-order valence-corrected chi connectivity index (χ4v) is 0.550. The van der Waals surface area contributed by atoms with Crippen molar-refractivity contribution in [3.63, 3.8) is 0 Å². The molecular weight excluding hydrogens is 159 g/mol. The van der Waals surface area contributed by atoms with Gasteiger partial charge in [0, 0.05) is 6.61 Å². The Labute approximate surface area is 66.3 Å². The molecule has 0 radical (unpaired) electrons. The first kappa shape index (κ1) is 9.54. The topological polar surface area (TPSA) is 9.23 Å². The second-order valence-corrected chi connectivity index (χ2v) is 3.98. The maximum atomic E-state index is 5.61. The molecule has 0 rings (SSSR count). The zero-order chi connectivity index (χ0) is 7.33. The number of rotatable bonds is 4. The minimum Gasteiger partial charge on any atom is -0.378 e. The van der Waals surface area contributed by atoms with E-state index in [1.165, 1.54) is 0 Å². The largest absolute Gasteiger partial charge is 0.378 e. The summed E-state index contributed by atoms with van der Waals surface area (Å²) < 4.78 is 4.36. The van der Waals surface area contributed by atoms with Crippen LogP contribution in [-0.4, -0.2) is 17.5 Å². The molecule has 0 bridgehead atoms. The minimum atomic E-state index is -0.727. The second-order valence-electron chi connectivity index (χ2n) is 2.12. The van der Waals surface area contributed by atoms with Gasteiger partial charge >= 0.3 is 0 Å². The van der Waals surface area contributed by atoms with Gasteiger partial charge in [0.15, 0.2) is 0 Å². The summed E-state index contributed by atoms with van der Waals surface area (Å²) in [7, 11) is 0. The molecule has 3 heteroatoms. The van der Waals surface area contributed by atoms with Gasteiger partial charge in [-0.1, -0.05) is 30.1 Å². The molecule has 0 atom stereocenters. The molecule has 0 aromatic rings. The molecule has 0 unspecified atom stereocenters. The monoisotopic (exact) mass is 170 g/mol. The van der Waals surface area contributed by atoms with Crippen molar-refractivity contribution >= 4 is 23.2 Å². The summed E-state index contributed by atoms with van der Waals surface area (Å²) in [6.45, 7) is 4.89. The van der Waals surface area contributed by atoms with E-state index in [4.69, 9.17) is 27.9 Å². The number of alkyl halides is 2. The number of halogens is 2. The molecule has 0 aromatic carbocycles. The molecule has 0 aliphatic heterocycles. The van der Waals surface area contributed by atoms with Crippen LogP contribution < -0.4 is 0 Å². The summed E-state index contributed by atoms with van der Waals surface area (Å²) in [6.07, 6.45) is 1.00. The lowest BCUT2D eigenvalue weighted by molar-refractivity contribution is 0.130. The summed E-state index contributed by atoms with van der Waals surface area (Å²) in [5.74, 6) is 0. The Morgan fingerprint density at radius 2 is 2.00 bits per heavy atom. The second kappa shape index (κ2) is 4.37. The van der Waals surface area contributed by atoms with Crippen molar-refractivity contribution in [1.82, 2.24) is 0 Å². The van der Waals surface area contributed by atoms with Crippen molar-refractivity contribution in [3.8, 4) is 0 Å². The van der Waals surface area contributed by atoms with Crippen molar-refractivity contribution in [1.29, 1.82) is 0 Å². The van der Waals surface area contributed by atoms with Crippen molar-refractivity contribution in [3.05, 3.63) is 0 Å². The number of ether oxygens (including phenoxy) is 1. The van der Waals surface area contributed by atoms with Crippen LogP contribution in [0.4, 0.5) is 0 Å². The summed E-state index contributed by atoms with van der Waals surface area (Å²) in [5.41, 5.74) is 0. The molecule has 56 valence electrons. The Balaban J connectivity index is 3.07. The van der Waals surface area contributed by atoms with E-state index >= 15 is 0 Å². The van der Waals surface area contributed by atoms with E-state index in [0.717, 1.165) is 13.0 Å². The van der Waals surface area contributed by atoms with Gasteiger partial charge in [-0.15, -0.1) is 0 Å². The highest BCUT2D eigenvalue weighted by Gasteiger charge is 2.15. The lowest BCUT2D eigenvalue weighted by Gasteiger charge is -2.12. The average molecular weight is 171 g/mol. The van der Waals surface area contributed by atoms with Crippen LogP contribution in [0.15, 0.2) is 0 Å². The number of hydrogen-bond acceptors (Lipinski definition) is 1. The Morgan fingerprint density at radius 1 is 1.44 bits per heavy atom. The highest BCUT2D eigenvalue weighted by molar-refractivity contribution is 6.48. The molecular formula is C6H12Cl2O. The van der Waals surface area contributed by atoms with Crippen LogP contribution in [0.3, 0.4) is 0 Å². The van der Waals surface area contributed by atoms with Gasteiger partial charge in [-0.25, -0.2) is 0 Å². The standard InChI is InChI=1S/C6H12Cl2O/c1-3-4-9-5-6(2,7)8/h3-5H2,1-2H3. The zero-order valence-corrected chi connectivity index (χ0v) is 7.30. The van der Waals surface area contributed by atoms with Crippen LogP contribution in [0.2, 0.25) is 0 Å². The van der Waals surface area contributed by atoms with Gasteiger partial charge in [0.05, 0.1) is 6.61 Å². The van der Waals surface area contributed by atoms with Crippen LogP contribution in [0.1, 0.15) is 20.3 Å². The molecule has 0 aliphatic rings. The first-order chi connectivity index (χ1) is 4.06. The van der Waals surface area contributed by atoms with Crippen LogP contribution in [0.5, 0.6) is 0 Å². The summed E-state index contributed by atoms with van der Waals surface area (Å²) in [4.78, 5) is 0. The first-order valence-electron chi connectivity index (χ1n) is 3.02. The predicted molar refractivity (Wildman–Crippen MR) is 41.2 cm³/mol. The molecule has 1 nitrogen and oxygen atoms in total. The molecule has 0 saturated carbocycles. The SMILES string of the molecule is CCCOCC(C)(Cl)Cl. The maximum absolute atomic E-state index is 5.61. The third kappa shape index (κ3) is 8.54. The van der Waals surface area contributed by atoms with Crippen LogP contribution >= 0.6 is 23.2 Å². The molecule has 0 saturated heterocycles. The Bertz CT molecular complexity index is 67.9. The highest BCUT2D eigenvalue weighted by atomic mass is 35.5. The van der Waals surface area contributed by atoms with Crippen molar-refractivity contribution in [2.75, 3.05) is 13.2 Å². The van der Waals surface area contributed by atoms with E-state index < -0.39 is 4.33 Å². The minimum absolute atomic E-state index is 0.407. The summed E-state index contributed by atoms with van der Waals surface area (Å²) in [5, 5.41) is 0. The van der Waals surface area contributed by atoms with Crippen molar-refractivity contribution in [2.45, 2.75) is 24.6 Å². The van der Waals surface area contributed by atoms with Crippen molar-refractivity contribution < 1.29 is 4.74 Å². The van der Waals surface area contributed by atoms with Gasteiger partial charge in [0.2, 0.25) is 0 Å². The molecule has 0 N–H and O–H groups in total. The van der Waals surface area contributed by atoms with E-state index in [1.54, 1.807) is 6.92 Å². The molecule has 0 amide bonds.